The van der Waals surface area contributed by atoms with Crippen molar-refractivity contribution in [2.75, 3.05) is 18.8 Å². The van der Waals surface area contributed by atoms with Crippen LogP contribution in [0.4, 0.5) is 0 Å². The molecular formula is C10H14N2O2S2. The van der Waals surface area contributed by atoms with E-state index in [9.17, 15) is 9.59 Å². The number of thiocarbonyl (C=S) groups is 1. The molecule has 88 valence electrons. The highest BCUT2D eigenvalue weighted by molar-refractivity contribution is 8.23. The summed E-state index contributed by atoms with van der Waals surface area (Å²) in [5.74, 6) is 0.303. The first-order valence-corrected chi connectivity index (χ1v) is 6.30. The van der Waals surface area contributed by atoms with Gasteiger partial charge in [0, 0.05) is 19.2 Å². The number of allylic oxidation sites excluding steroid dienone is 1. The molecule has 0 aromatic rings. The van der Waals surface area contributed by atoms with Crippen molar-refractivity contribution in [3.05, 3.63) is 11.6 Å². The summed E-state index contributed by atoms with van der Waals surface area (Å²) < 4.78 is 0.599. The molecular weight excluding hydrogens is 244 g/mol. The third kappa shape index (κ3) is 3.94. The molecule has 4 nitrogen and oxygen atoms in total. The van der Waals surface area contributed by atoms with Gasteiger partial charge in [-0.25, -0.2) is 0 Å². The summed E-state index contributed by atoms with van der Waals surface area (Å²) in [5.41, 5.74) is 0.945. The van der Waals surface area contributed by atoms with E-state index in [1.54, 1.807) is 0 Å². The lowest BCUT2D eigenvalue weighted by atomic mass is 10.3. The van der Waals surface area contributed by atoms with Crippen LogP contribution in [0.1, 0.15) is 13.8 Å². The largest absolute Gasteiger partial charge is 0.351 e. The van der Waals surface area contributed by atoms with Gasteiger partial charge in [0.1, 0.15) is 4.32 Å². The Morgan fingerprint density at radius 3 is 2.81 bits per heavy atom. The minimum Gasteiger partial charge on any atom is -0.351 e. The molecule has 1 saturated heterocycles. The molecule has 1 aliphatic heterocycles. The fourth-order valence-electron chi connectivity index (χ4n) is 1.20. The zero-order valence-electron chi connectivity index (χ0n) is 9.28. The van der Waals surface area contributed by atoms with Crippen LogP contribution in [0.2, 0.25) is 0 Å². The molecule has 0 spiro atoms. The minimum absolute atomic E-state index is 0.0199. The van der Waals surface area contributed by atoms with E-state index in [-0.39, 0.29) is 11.8 Å². The molecule has 1 heterocycles. The number of hydrogen-bond acceptors (Lipinski definition) is 4. The summed E-state index contributed by atoms with van der Waals surface area (Å²) >= 11 is 6.38. The van der Waals surface area contributed by atoms with E-state index < -0.39 is 0 Å². The maximum Gasteiger partial charge on any atom is 0.243 e. The number of hydrogen-bond donors (Lipinski definition) is 1. The molecule has 0 radical (unpaired) electrons. The molecule has 1 N–H and O–H groups in total. The predicted octanol–water partition coefficient (Wildman–Crippen LogP) is 0.929. The molecule has 0 aromatic heterocycles. The van der Waals surface area contributed by atoms with Crippen molar-refractivity contribution in [1.82, 2.24) is 10.2 Å². The first kappa shape index (κ1) is 13.2. The van der Waals surface area contributed by atoms with Crippen LogP contribution in [0, 0.1) is 0 Å². The third-order valence-corrected chi connectivity index (χ3v) is 3.33. The molecule has 0 atom stereocenters. The van der Waals surface area contributed by atoms with Crippen LogP contribution in [-0.2, 0) is 9.59 Å². The Morgan fingerprint density at radius 1 is 1.62 bits per heavy atom. The standard InChI is InChI=1S/C10H14N2O2S2/c1-7(2)5-8(13)11-3-4-12-9(14)6-16-10(12)15/h5H,3-4,6H2,1-2H3,(H,11,13). The Kier molecular flexibility index (Phi) is 4.95. The van der Waals surface area contributed by atoms with Crippen LogP contribution < -0.4 is 5.32 Å². The van der Waals surface area contributed by atoms with Gasteiger partial charge in [-0.1, -0.05) is 29.6 Å². The van der Waals surface area contributed by atoms with Gasteiger partial charge in [0.05, 0.1) is 5.75 Å². The molecule has 0 aromatic carbocycles. The Labute approximate surface area is 104 Å². The van der Waals surface area contributed by atoms with Crippen molar-refractivity contribution < 1.29 is 9.59 Å². The molecule has 2 amide bonds. The van der Waals surface area contributed by atoms with Gasteiger partial charge < -0.3 is 5.32 Å². The SMILES string of the molecule is CC(C)=CC(=O)NCCN1C(=O)CSC1=S. The molecule has 6 heteroatoms. The third-order valence-electron chi connectivity index (χ3n) is 1.89. The van der Waals surface area contributed by atoms with Gasteiger partial charge in [-0.2, -0.15) is 0 Å². The van der Waals surface area contributed by atoms with Crippen molar-refractivity contribution in [3.63, 3.8) is 0 Å². The van der Waals surface area contributed by atoms with Crippen molar-refractivity contribution in [2.24, 2.45) is 0 Å². The van der Waals surface area contributed by atoms with Gasteiger partial charge in [0.2, 0.25) is 11.8 Å². The molecule has 0 saturated carbocycles. The van der Waals surface area contributed by atoms with E-state index >= 15 is 0 Å². The predicted molar refractivity (Wildman–Crippen MR) is 69.2 cm³/mol. The average Bonchev–Trinajstić information content (AvgIpc) is 2.47. The summed E-state index contributed by atoms with van der Waals surface area (Å²) in [6.45, 7) is 4.59. The number of amides is 2. The summed E-state index contributed by atoms with van der Waals surface area (Å²) in [6.07, 6.45) is 1.53. The van der Waals surface area contributed by atoms with Crippen molar-refractivity contribution >= 4 is 40.1 Å². The fourth-order valence-corrected chi connectivity index (χ4v) is 2.32. The second-order valence-corrected chi connectivity index (χ2v) is 5.22. The van der Waals surface area contributed by atoms with Crippen LogP contribution in [0.3, 0.4) is 0 Å². The van der Waals surface area contributed by atoms with E-state index in [0.29, 0.717) is 23.2 Å². The highest BCUT2D eigenvalue weighted by atomic mass is 32.2. The van der Waals surface area contributed by atoms with E-state index in [2.05, 4.69) is 5.32 Å². The molecule has 16 heavy (non-hydrogen) atoms. The van der Waals surface area contributed by atoms with E-state index in [1.807, 2.05) is 13.8 Å². The Hall–Kier alpha value is -0.880. The summed E-state index contributed by atoms with van der Waals surface area (Å²) in [5, 5.41) is 2.70. The van der Waals surface area contributed by atoms with Crippen LogP contribution >= 0.6 is 24.0 Å². The maximum atomic E-state index is 11.3. The van der Waals surface area contributed by atoms with Gasteiger partial charge in [-0.3, -0.25) is 14.5 Å². The molecule has 0 aliphatic carbocycles. The monoisotopic (exact) mass is 258 g/mol. The van der Waals surface area contributed by atoms with E-state index in [0.717, 1.165) is 5.57 Å². The number of carbonyl (C=O) groups excluding carboxylic acids is 2. The number of thioether (sulfide) groups is 1. The van der Waals surface area contributed by atoms with E-state index in [1.165, 1.54) is 22.7 Å². The number of nitrogens with one attached hydrogen (secondary N) is 1. The Balaban J connectivity index is 2.30. The lowest BCUT2D eigenvalue weighted by Crippen LogP contribution is -2.36. The summed E-state index contributed by atoms with van der Waals surface area (Å²) in [4.78, 5) is 24.1. The van der Waals surface area contributed by atoms with E-state index in [4.69, 9.17) is 12.2 Å². The minimum atomic E-state index is -0.134. The molecule has 0 unspecified atom stereocenters. The van der Waals surface area contributed by atoms with Gasteiger partial charge in [0.15, 0.2) is 0 Å². The quantitative estimate of drug-likeness (QED) is 0.602. The van der Waals surface area contributed by atoms with Crippen LogP contribution in [0.15, 0.2) is 11.6 Å². The van der Waals surface area contributed by atoms with Gasteiger partial charge in [-0.05, 0) is 13.8 Å². The van der Waals surface area contributed by atoms with Crippen LogP contribution in [0.5, 0.6) is 0 Å². The van der Waals surface area contributed by atoms with Gasteiger partial charge >= 0.3 is 0 Å². The molecule has 0 bridgehead atoms. The topological polar surface area (TPSA) is 49.4 Å². The van der Waals surface area contributed by atoms with Crippen LogP contribution in [-0.4, -0.2) is 39.9 Å². The smallest absolute Gasteiger partial charge is 0.243 e. The molecule has 1 fully saturated rings. The normalized spacial score (nSPS) is 15.2. The highest BCUT2D eigenvalue weighted by Gasteiger charge is 2.25. The zero-order valence-corrected chi connectivity index (χ0v) is 10.9. The van der Waals surface area contributed by atoms with Crippen molar-refractivity contribution in [1.29, 1.82) is 0 Å². The van der Waals surface area contributed by atoms with Crippen LogP contribution in [0.25, 0.3) is 0 Å². The maximum absolute atomic E-state index is 11.3. The lowest BCUT2D eigenvalue weighted by Gasteiger charge is -2.14. The zero-order chi connectivity index (χ0) is 12.1. The number of rotatable bonds is 4. The van der Waals surface area contributed by atoms with Crippen molar-refractivity contribution in [2.45, 2.75) is 13.8 Å². The molecule has 1 aliphatic rings. The van der Waals surface area contributed by atoms with Gasteiger partial charge in [0.25, 0.3) is 0 Å². The lowest BCUT2D eigenvalue weighted by molar-refractivity contribution is -0.124. The summed E-state index contributed by atoms with van der Waals surface area (Å²) in [6, 6.07) is 0. The fraction of sp³-hybridized carbons (Fsp3) is 0.500. The average molecular weight is 258 g/mol. The number of nitrogens with zero attached hydrogens (tertiary/aromatic N) is 1. The highest BCUT2D eigenvalue weighted by Crippen LogP contribution is 2.18. The first-order valence-electron chi connectivity index (χ1n) is 4.90. The second-order valence-electron chi connectivity index (χ2n) is 3.61. The van der Waals surface area contributed by atoms with Crippen molar-refractivity contribution in [3.8, 4) is 0 Å². The Morgan fingerprint density at radius 2 is 2.31 bits per heavy atom. The van der Waals surface area contributed by atoms with Gasteiger partial charge in [-0.15, -0.1) is 0 Å². The Bertz CT molecular complexity index is 333. The first-order chi connectivity index (χ1) is 7.50. The number of carbonyl (C=O) groups is 2. The molecule has 1 rings (SSSR count). The summed E-state index contributed by atoms with van der Waals surface area (Å²) in [7, 11) is 0. The second kappa shape index (κ2) is 6.00.